The van der Waals surface area contributed by atoms with E-state index in [1.165, 1.54) is 11.8 Å². The molecule has 0 unspecified atom stereocenters. The highest BCUT2D eigenvalue weighted by atomic mass is 16.3. The average Bonchev–Trinajstić information content (AvgIpc) is 3.07. The molecule has 0 bridgehead atoms. The minimum Gasteiger partial charge on any atom is -0.465 e. The molecule has 0 spiro atoms. The van der Waals surface area contributed by atoms with E-state index in [0.717, 1.165) is 19.5 Å². The summed E-state index contributed by atoms with van der Waals surface area (Å²) >= 11 is 0. The molecule has 0 aliphatic heterocycles. The van der Waals surface area contributed by atoms with Crippen LogP contribution in [0.3, 0.4) is 0 Å². The number of benzene rings is 1. The quantitative estimate of drug-likeness (QED) is 0.600. The van der Waals surface area contributed by atoms with E-state index in [1.807, 2.05) is 24.3 Å². The van der Waals surface area contributed by atoms with Crippen molar-refractivity contribution in [1.82, 2.24) is 5.32 Å². The van der Waals surface area contributed by atoms with E-state index in [1.54, 1.807) is 18.4 Å². The summed E-state index contributed by atoms with van der Waals surface area (Å²) in [5.41, 5.74) is 1.22. The van der Waals surface area contributed by atoms with Gasteiger partial charge in [-0.1, -0.05) is 18.2 Å². The molecule has 1 aromatic heterocycles. The molecule has 1 heterocycles. The summed E-state index contributed by atoms with van der Waals surface area (Å²) in [6.45, 7) is 4.67. The molecule has 0 radical (unpaired) electrons. The standard InChI is InChI=1S/C18H22N2O2/c1-2-20(16-8-4-3-5-9-16)14-7-13-19-18(21)12-11-17-10-6-15-22-17/h3-6,8-12,15H,2,7,13-14H2,1H3,(H,19,21). The average molecular weight is 298 g/mol. The zero-order valence-corrected chi connectivity index (χ0v) is 12.9. The van der Waals surface area contributed by atoms with Gasteiger partial charge in [0.15, 0.2) is 0 Å². The topological polar surface area (TPSA) is 45.5 Å². The number of para-hydroxylation sites is 1. The maximum atomic E-state index is 11.7. The number of rotatable bonds is 8. The molecule has 4 nitrogen and oxygen atoms in total. The Morgan fingerprint density at radius 1 is 1.23 bits per heavy atom. The zero-order valence-electron chi connectivity index (χ0n) is 12.9. The molecule has 0 aliphatic rings. The third kappa shape index (κ3) is 5.13. The van der Waals surface area contributed by atoms with Gasteiger partial charge in [0.1, 0.15) is 5.76 Å². The Kier molecular flexibility index (Phi) is 6.30. The number of hydrogen-bond acceptors (Lipinski definition) is 3. The van der Waals surface area contributed by atoms with E-state index in [0.29, 0.717) is 12.3 Å². The molecular weight excluding hydrogens is 276 g/mol. The van der Waals surface area contributed by atoms with Crippen molar-refractivity contribution in [3.63, 3.8) is 0 Å². The molecule has 1 amide bonds. The number of hydrogen-bond donors (Lipinski definition) is 1. The predicted molar refractivity (Wildman–Crippen MR) is 89.7 cm³/mol. The SMILES string of the molecule is CCN(CCCNC(=O)C=Cc1ccco1)c1ccccc1. The van der Waals surface area contributed by atoms with Gasteiger partial charge in [0.25, 0.3) is 0 Å². The highest BCUT2D eigenvalue weighted by molar-refractivity contribution is 5.91. The minimum atomic E-state index is -0.0980. The number of furan rings is 1. The van der Waals surface area contributed by atoms with Crippen LogP contribution in [0.5, 0.6) is 0 Å². The summed E-state index contributed by atoms with van der Waals surface area (Å²) in [6, 6.07) is 13.9. The summed E-state index contributed by atoms with van der Waals surface area (Å²) < 4.78 is 5.13. The van der Waals surface area contributed by atoms with Crippen molar-refractivity contribution < 1.29 is 9.21 Å². The first kappa shape index (κ1) is 15.9. The first-order valence-corrected chi connectivity index (χ1v) is 7.59. The van der Waals surface area contributed by atoms with Crippen molar-refractivity contribution in [2.75, 3.05) is 24.5 Å². The lowest BCUT2D eigenvalue weighted by Crippen LogP contribution is -2.29. The van der Waals surface area contributed by atoms with Gasteiger partial charge in [0.05, 0.1) is 6.26 Å². The first-order chi connectivity index (χ1) is 10.8. The van der Waals surface area contributed by atoms with Gasteiger partial charge in [-0.15, -0.1) is 0 Å². The molecule has 0 atom stereocenters. The Morgan fingerprint density at radius 3 is 2.73 bits per heavy atom. The van der Waals surface area contributed by atoms with Crippen LogP contribution >= 0.6 is 0 Å². The normalized spacial score (nSPS) is 10.8. The Bertz CT molecular complexity index is 576. The largest absolute Gasteiger partial charge is 0.465 e. The van der Waals surface area contributed by atoms with Crippen molar-refractivity contribution in [3.8, 4) is 0 Å². The summed E-state index contributed by atoms with van der Waals surface area (Å²) in [5.74, 6) is 0.579. The summed E-state index contributed by atoms with van der Waals surface area (Å²) in [6.07, 6.45) is 5.65. The summed E-state index contributed by atoms with van der Waals surface area (Å²) in [7, 11) is 0. The second kappa shape index (κ2) is 8.72. The van der Waals surface area contributed by atoms with Crippen molar-refractivity contribution in [1.29, 1.82) is 0 Å². The molecule has 116 valence electrons. The van der Waals surface area contributed by atoms with Crippen molar-refractivity contribution in [2.45, 2.75) is 13.3 Å². The highest BCUT2D eigenvalue weighted by Crippen LogP contribution is 2.12. The molecule has 1 N–H and O–H groups in total. The summed E-state index contributed by atoms with van der Waals surface area (Å²) in [4.78, 5) is 14.0. The fourth-order valence-corrected chi connectivity index (χ4v) is 2.19. The van der Waals surface area contributed by atoms with Crippen LogP contribution in [-0.4, -0.2) is 25.5 Å². The molecule has 0 fully saturated rings. The molecule has 2 rings (SSSR count). The van der Waals surface area contributed by atoms with Crippen LogP contribution in [0.25, 0.3) is 6.08 Å². The zero-order chi connectivity index (χ0) is 15.6. The van der Waals surface area contributed by atoms with E-state index >= 15 is 0 Å². The van der Waals surface area contributed by atoms with Crippen LogP contribution in [0, 0.1) is 0 Å². The van der Waals surface area contributed by atoms with Crippen LogP contribution < -0.4 is 10.2 Å². The van der Waals surface area contributed by atoms with Crippen LogP contribution in [0.4, 0.5) is 5.69 Å². The van der Waals surface area contributed by atoms with Crippen LogP contribution in [0.2, 0.25) is 0 Å². The van der Waals surface area contributed by atoms with E-state index in [-0.39, 0.29) is 5.91 Å². The van der Waals surface area contributed by atoms with E-state index < -0.39 is 0 Å². The number of nitrogens with one attached hydrogen (secondary N) is 1. The number of nitrogens with zero attached hydrogens (tertiary/aromatic N) is 1. The number of carbonyl (C=O) groups excluding carboxylic acids is 1. The summed E-state index contributed by atoms with van der Waals surface area (Å²) in [5, 5.41) is 2.88. The number of amides is 1. The highest BCUT2D eigenvalue weighted by Gasteiger charge is 2.03. The second-order valence-corrected chi connectivity index (χ2v) is 4.91. The fraction of sp³-hybridized carbons (Fsp3) is 0.278. The lowest BCUT2D eigenvalue weighted by molar-refractivity contribution is -0.116. The molecule has 0 aliphatic carbocycles. The Hall–Kier alpha value is -2.49. The first-order valence-electron chi connectivity index (χ1n) is 7.59. The third-order valence-corrected chi connectivity index (χ3v) is 3.35. The van der Waals surface area contributed by atoms with Crippen LogP contribution in [0.15, 0.2) is 59.2 Å². The van der Waals surface area contributed by atoms with Crippen LogP contribution in [-0.2, 0) is 4.79 Å². The minimum absolute atomic E-state index is 0.0980. The molecule has 4 heteroatoms. The molecule has 1 aromatic carbocycles. The van der Waals surface area contributed by atoms with E-state index in [9.17, 15) is 4.79 Å². The number of carbonyl (C=O) groups is 1. The van der Waals surface area contributed by atoms with Gasteiger partial charge in [-0.3, -0.25) is 4.79 Å². The third-order valence-electron chi connectivity index (χ3n) is 3.35. The molecular formula is C18H22N2O2. The van der Waals surface area contributed by atoms with E-state index in [2.05, 4.69) is 29.3 Å². The van der Waals surface area contributed by atoms with Gasteiger partial charge < -0.3 is 14.6 Å². The lowest BCUT2D eigenvalue weighted by atomic mass is 10.2. The van der Waals surface area contributed by atoms with E-state index in [4.69, 9.17) is 4.42 Å². The van der Waals surface area contributed by atoms with Gasteiger partial charge in [0, 0.05) is 31.4 Å². The molecule has 2 aromatic rings. The second-order valence-electron chi connectivity index (χ2n) is 4.91. The Labute approximate surface area is 131 Å². The fourth-order valence-electron chi connectivity index (χ4n) is 2.19. The predicted octanol–water partition coefficient (Wildman–Crippen LogP) is 3.33. The van der Waals surface area contributed by atoms with Gasteiger partial charge in [-0.2, -0.15) is 0 Å². The van der Waals surface area contributed by atoms with Gasteiger partial charge >= 0.3 is 0 Å². The molecule has 0 saturated heterocycles. The van der Waals surface area contributed by atoms with Crippen LogP contribution in [0.1, 0.15) is 19.1 Å². The monoisotopic (exact) mass is 298 g/mol. The van der Waals surface area contributed by atoms with Gasteiger partial charge in [-0.25, -0.2) is 0 Å². The number of anilines is 1. The Morgan fingerprint density at radius 2 is 2.05 bits per heavy atom. The molecule has 0 saturated carbocycles. The molecule has 22 heavy (non-hydrogen) atoms. The van der Waals surface area contributed by atoms with Crippen molar-refractivity contribution in [2.24, 2.45) is 0 Å². The maximum Gasteiger partial charge on any atom is 0.244 e. The Balaban J connectivity index is 1.69. The van der Waals surface area contributed by atoms with Crippen molar-refractivity contribution >= 4 is 17.7 Å². The lowest BCUT2D eigenvalue weighted by Gasteiger charge is -2.23. The van der Waals surface area contributed by atoms with Crippen molar-refractivity contribution in [3.05, 3.63) is 60.6 Å². The smallest absolute Gasteiger partial charge is 0.244 e. The maximum absolute atomic E-state index is 11.7. The van der Waals surface area contributed by atoms with Gasteiger partial charge in [0.2, 0.25) is 5.91 Å². The van der Waals surface area contributed by atoms with Gasteiger partial charge in [-0.05, 0) is 43.7 Å².